The van der Waals surface area contributed by atoms with Crippen LogP contribution in [0.5, 0.6) is 0 Å². The number of ketones is 1. The molecule has 2 aromatic carbocycles. The third-order valence-corrected chi connectivity index (χ3v) is 15.6. The van der Waals surface area contributed by atoms with Crippen molar-refractivity contribution < 1.29 is 34.1 Å². The molecule has 290 valence electrons. The van der Waals surface area contributed by atoms with Gasteiger partial charge in [0.25, 0.3) is 5.91 Å². The number of hydrogen-bond donors (Lipinski definition) is 2. The van der Waals surface area contributed by atoms with Gasteiger partial charge in [0.1, 0.15) is 0 Å². The summed E-state index contributed by atoms with van der Waals surface area (Å²) >= 11 is 1.49. The Kier molecular flexibility index (Phi) is 10.3. The molecule has 0 unspecified atom stereocenters. The van der Waals surface area contributed by atoms with Crippen LogP contribution in [0.4, 0.5) is 0 Å². The van der Waals surface area contributed by atoms with Crippen LogP contribution >= 0.6 is 11.3 Å². The van der Waals surface area contributed by atoms with Crippen LogP contribution in [0.25, 0.3) is 10.1 Å². The lowest BCUT2D eigenvalue weighted by Crippen LogP contribution is -2.60. The number of rotatable bonds is 9. The Hall–Kier alpha value is -3.37. The van der Waals surface area contributed by atoms with E-state index in [-0.39, 0.29) is 30.1 Å². The molecule has 2 N–H and O–H groups in total. The molecule has 1 aliphatic heterocycles. The predicted molar refractivity (Wildman–Crippen MR) is 212 cm³/mol. The first-order valence-corrected chi connectivity index (χ1v) is 20.6. The summed E-state index contributed by atoms with van der Waals surface area (Å²) in [7, 11) is 1.64. The number of carbonyl (C=O) groups excluding carboxylic acids is 3. The van der Waals surface area contributed by atoms with Gasteiger partial charge in [-0.15, -0.1) is 11.3 Å². The van der Waals surface area contributed by atoms with Crippen molar-refractivity contribution in [3.63, 3.8) is 0 Å². The van der Waals surface area contributed by atoms with Crippen LogP contribution in [0.15, 0.2) is 60.2 Å². The highest BCUT2D eigenvalue weighted by molar-refractivity contribution is 7.21. The van der Waals surface area contributed by atoms with Crippen LogP contribution < -0.4 is 0 Å². The molecule has 1 saturated heterocycles. The van der Waals surface area contributed by atoms with E-state index in [1.807, 2.05) is 63.2 Å². The number of esters is 1. The molecule has 2 heterocycles. The monoisotopic (exact) mass is 755 g/mol. The van der Waals surface area contributed by atoms with E-state index in [9.17, 15) is 24.6 Å². The number of ether oxygens (including phenoxy) is 2. The number of nitrogens with zero attached hydrogens (tertiary/aromatic N) is 1. The molecule has 5 aliphatic rings. The predicted octanol–water partition coefficient (Wildman–Crippen LogP) is 8.16. The molecule has 2 saturated carbocycles. The van der Waals surface area contributed by atoms with Crippen molar-refractivity contribution in [1.82, 2.24) is 4.90 Å². The van der Waals surface area contributed by atoms with Gasteiger partial charge in [-0.3, -0.25) is 14.4 Å². The summed E-state index contributed by atoms with van der Waals surface area (Å²) in [6, 6.07) is 16.1. The molecule has 8 nitrogen and oxygen atoms in total. The average molecular weight is 756 g/mol. The summed E-state index contributed by atoms with van der Waals surface area (Å²) in [5.41, 5.74) is -1.17. The minimum absolute atomic E-state index is 0.0480. The number of fused-ring (bicyclic) bond motifs is 11. The number of aliphatic hydroxyl groups excluding tert-OH is 1. The van der Waals surface area contributed by atoms with E-state index in [2.05, 4.69) is 26.0 Å². The summed E-state index contributed by atoms with van der Waals surface area (Å²) in [6.07, 6.45) is 7.55. The fourth-order valence-corrected chi connectivity index (χ4v) is 11.4. The lowest BCUT2D eigenvalue weighted by Gasteiger charge is -2.47. The third-order valence-electron chi connectivity index (χ3n) is 14.5. The van der Waals surface area contributed by atoms with Gasteiger partial charge in [-0.05, 0) is 119 Å². The molecule has 6 atom stereocenters. The van der Waals surface area contributed by atoms with Crippen molar-refractivity contribution in [1.29, 1.82) is 0 Å². The van der Waals surface area contributed by atoms with E-state index in [4.69, 9.17) is 9.47 Å². The van der Waals surface area contributed by atoms with Crippen LogP contribution in [-0.2, 0) is 25.5 Å². The molecule has 4 bridgehead atoms. The first kappa shape index (κ1) is 38.9. The van der Waals surface area contributed by atoms with Crippen LogP contribution in [0, 0.1) is 16.2 Å². The lowest BCUT2D eigenvalue weighted by molar-refractivity contribution is -0.177. The summed E-state index contributed by atoms with van der Waals surface area (Å²) in [5.74, 6) is -0.793. The standard InChI is InChI=1S/C45H57NO7S/c1-29-11-9-19-42(4)35(33-17-15-30(25-32(47)16-14-29)26-34(33)38(48)37-27-31-12-7-8-13-36(31)54-37)18-20-44(42,51)28-46(23-10-24-52-6)39(49)45-22-21-43(5,40(50)53-45)41(45,2)3/h7-8,11-13,15,17,26-27,32,35,47,51H,9-10,14,16,18-25,28H2,1-6H3/t32-,35-,42-,43-,44+,45+/m0/s1. The number of allylic oxidation sites excluding steroid dienone is 2. The third kappa shape index (κ3) is 6.18. The van der Waals surface area contributed by atoms with E-state index in [1.54, 1.807) is 12.0 Å². The van der Waals surface area contributed by atoms with Gasteiger partial charge in [0.15, 0.2) is 5.60 Å². The van der Waals surface area contributed by atoms with E-state index < -0.39 is 33.6 Å². The van der Waals surface area contributed by atoms with Crippen molar-refractivity contribution in [2.45, 2.75) is 122 Å². The summed E-state index contributed by atoms with van der Waals surface area (Å²) < 4.78 is 12.6. The van der Waals surface area contributed by atoms with Gasteiger partial charge in [0.2, 0.25) is 5.78 Å². The largest absolute Gasteiger partial charge is 0.448 e. The molecule has 1 amide bonds. The molecule has 0 spiro atoms. The molecular weight excluding hydrogens is 699 g/mol. The van der Waals surface area contributed by atoms with Gasteiger partial charge in [0, 0.05) is 41.4 Å². The second kappa shape index (κ2) is 14.3. The smallest absolute Gasteiger partial charge is 0.313 e. The van der Waals surface area contributed by atoms with Crippen molar-refractivity contribution in [3.05, 3.63) is 81.7 Å². The van der Waals surface area contributed by atoms with Crippen molar-refractivity contribution in [2.75, 3.05) is 26.8 Å². The van der Waals surface area contributed by atoms with Gasteiger partial charge in [-0.2, -0.15) is 0 Å². The Bertz CT molecular complexity index is 1950. The van der Waals surface area contributed by atoms with Gasteiger partial charge in [0.05, 0.1) is 28.5 Å². The summed E-state index contributed by atoms with van der Waals surface area (Å²) in [4.78, 5) is 45.3. The van der Waals surface area contributed by atoms with Crippen LogP contribution in [0.3, 0.4) is 0 Å². The molecule has 1 aromatic heterocycles. The fourth-order valence-electron chi connectivity index (χ4n) is 10.4. The van der Waals surface area contributed by atoms with Crippen molar-refractivity contribution in [3.8, 4) is 0 Å². The number of methoxy groups -OCH3 is 1. The van der Waals surface area contributed by atoms with Gasteiger partial charge in [-0.1, -0.05) is 62.8 Å². The first-order chi connectivity index (χ1) is 25.6. The zero-order chi connectivity index (χ0) is 38.7. The maximum absolute atomic E-state index is 15.0. The Morgan fingerprint density at radius 2 is 1.80 bits per heavy atom. The number of carbonyl (C=O) groups is 3. The summed E-state index contributed by atoms with van der Waals surface area (Å²) in [6.45, 7) is 11.0. The average Bonchev–Trinajstić information content (AvgIpc) is 3.78. The maximum Gasteiger partial charge on any atom is 0.313 e. The minimum Gasteiger partial charge on any atom is -0.448 e. The van der Waals surface area contributed by atoms with Gasteiger partial charge >= 0.3 is 5.97 Å². The molecule has 9 heteroatoms. The van der Waals surface area contributed by atoms with Crippen LogP contribution in [0.1, 0.15) is 125 Å². The molecular formula is C45H57NO7S. The first-order valence-electron chi connectivity index (χ1n) is 19.8. The van der Waals surface area contributed by atoms with E-state index >= 15 is 0 Å². The molecule has 3 aromatic rings. The second-order valence-corrected chi connectivity index (χ2v) is 18.8. The van der Waals surface area contributed by atoms with Crippen LogP contribution in [-0.4, -0.2) is 76.9 Å². The molecule has 3 fully saturated rings. The Morgan fingerprint density at radius 3 is 2.50 bits per heavy atom. The number of benzene rings is 2. The van der Waals surface area contributed by atoms with Crippen LogP contribution in [0.2, 0.25) is 0 Å². The van der Waals surface area contributed by atoms with Gasteiger partial charge < -0.3 is 24.6 Å². The Morgan fingerprint density at radius 1 is 1.02 bits per heavy atom. The maximum atomic E-state index is 15.0. The molecule has 8 rings (SSSR count). The Balaban J connectivity index is 1.30. The topological polar surface area (TPSA) is 113 Å². The van der Waals surface area contributed by atoms with Crippen molar-refractivity contribution in [2.24, 2.45) is 16.2 Å². The summed E-state index contributed by atoms with van der Waals surface area (Å²) in [5, 5.41) is 25.3. The van der Waals surface area contributed by atoms with Gasteiger partial charge in [-0.25, -0.2) is 0 Å². The molecule has 0 radical (unpaired) electrons. The minimum atomic E-state index is -1.31. The fraction of sp³-hybridized carbons (Fsp3) is 0.578. The number of aliphatic hydroxyl groups is 2. The lowest BCUT2D eigenvalue weighted by atomic mass is 9.64. The quantitative estimate of drug-likeness (QED) is 0.0981. The van der Waals surface area contributed by atoms with E-state index in [1.165, 1.54) is 16.9 Å². The number of amides is 1. The van der Waals surface area contributed by atoms with E-state index in [0.29, 0.717) is 81.4 Å². The van der Waals surface area contributed by atoms with E-state index in [0.717, 1.165) is 27.6 Å². The number of hydrogen-bond acceptors (Lipinski definition) is 8. The number of thiophene rings is 1. The second-order valence-electron chi connectivity index (χ2n) is 17.7. The highest BCUT2D eigenvalue weighted by atomic mass is 32.1. The Labute approximate surface area is 323 Å². The zero-order valence-corrected chi connectivity index (χ0v) is 33.7. The highest BCUT2D eigenvalue weighted by Gasteiger charge is 2.76. The SMILES string of the molecule is COCCCN(C[C@]1(O)CC[C@H]2c3ccc(cc3C(=O)c3cc4ccccc4s3)C[C@@H](O)CCC(C)=CCC[C@@]21C)C(=O)[C@@]12CC[C@@](C)(C(=O)O1)C2(C)C. The normalized spacial score (nSPS) is 31.9. The molecule has 4 aliphatic carbocycles. The zero-order valence-electron chi connectivity index (χ0n) is 32.8. The van der Waals surface area contributed by atoms with Crippen molar-refractivity contribution >= 4 is 39.1 Å². The molecule has 54 heavy (non-hydrogen) atoms. The highest BCUT2D eigenvalue weighted by Crippen LogP contribution is 2.66.